The molecule has 4 nitrogen and oxygen atoms in total. The lowest BCUT2D eigenvalue weighted by atomic mass is 10.1. The molecular weight excluding hydrogens is 272 g/mol. The molecule has 1 rings (SSSR count). The van der Waals surface area contributed by atoms with Crippen LogP contribution in [0.25, 0.3) is 0 Å². The van der Waals surface area contributed by atoms with Crippen molar-refractivity contribution in [1.29, 1.82) is 0 Å². The summed E-state index contributed by atoms with van der Waals surface area (Å²) in [5.41, 5.74) is 7.06. The van der Waals surface area contributed by atoms with Crippen molar-refractivity contribution in [3.63, 3.8) is 0 Å². The molecule has 1 aromatic rings. The van der Waals surface area contributed by atoms with Gasteiger partial charge in [0.05, 0.1) is 6.04 Å². The predicted octanol–water partition coefficient (Wildman–Crippen LogP) is 1.22. The summed E-state index contributed by atoms with van der Waals surface area (Å²) in [6.45, 7) is 2.44. The Labute approximate surface area is 123 Å². The second-order valence-electron chi connectivity index (χ2n) is 5.02. The van der Waals surface area contributed by atoms with Crippen LogP contribution in [0.3, 0.4) is 0 Å². The van der Waals surface area contributed by atoms with Gasteiger partial charge in [-0.15, -0.1) is 0 Å². The third-order valence-electron chi connectivity index (χ3n) is 3.34. The highest BCUT2D eigenvalue weighted by Gasteiger charge is 2.13. The summed E-state index contributed by atoms with van der Waals surface area (Å²) < 4.78 is 11.2. The maximum absolute atomic E-state index is 11.8. The van der Waals surface area contributed by atoms with Crippen LogP contribution >= 0.6 is 0 Å². The molecule has 112 valence electrons. The van der Waals surface area contributed by atoms with Crippen molar-refractivity contribution in [1.82, 2.24) is 5.32 Å². The Morgan fingerprint density at radius 2 is 1.95 bits per heavy atom. The first kappa shape index (κ1) is 16.9. The third-order valence-corrected chi connectivity index (χ3v) is 4.71. The first-order valence-corrected chi connectivity index (χ1v) is 8.52. The smallest absolute Gasteiger partial charge is 0.236 e. The second-order valence-corrected chi connectivity index (χ2v) is 6.82. The monoisotopic (exact) mass is 296 g/mol. The fourth-order valence-electron chi connectivity index (χ4n) is 1.79. The van der Waals surface area contributed by atoms with Crippen LogP contribution in [0.2, 0.25) is 0 Å². The molecule has 0 saturated carbocycles. The molecule has 3 N–H and O–H groups in total. The normalized spacial score (nSPS) is 15.3. The molecule has 3 atom stereocenters. The number of aryl methyl sites for hydroxylation is 1. The minimum Gasteiger partial charge on any atom is -0.355 e. The molecule has 3 unspecified atom stereocenters. The van der Waals surface area contributed by atoms with Crippen LogP contribution in [0, 0.1) is 0 Å². The quantitative estimate of drug-likeness (QED) is 0.757. The molecule has 0 bridgehead atoms. The zero-order valence-electron chi connectivity index (χ0n) is 12.2. The lowest BCUT2D eigenvalue weighted by Gasteiger charge is -2.13. The number of carbonyl (C=O) groups excluding carboxylic acids is 1. The third kappa shape index (κ3) is 6.30. The van der Waals surface area contributed by atoms with Gasteiger partial charge in [-0.2, -0.15) is 0 Å². The van der Waals surface area contributed by atoms with Crippen molar-refractivity contribution < 1.29 is 9.00 Å². The summed E-state index contributed by atoms with van der Waals surface area (Å²) in [5.74, 6) is -0.130. The van der Waals surface area contributed by atoms with E-state index in [-0.39, 0.29) is 11.2 Å². The summed E-state index contributed by atoms with van der Waals surface area (Å²) >= 11 is 0. The molecular formula is C15H24N2O2S. The van der Waals surface area contributed by atoms with E-state index in [4.69, 9.17) is 5.73 Å². The van der Waals surface area contributed by atoms with E-state index in [0.29, 0.717) is 19.4 Å². The van der Waals surface area contributed by atoms with Crippen LogP contribution in [0.5, 0.6) is 0 Å². The summed E-state index contributed by atoms with van der Waals surface area (Å²) in [6, 6.07) is 9.50. The van der Waals surface area contributed by atoms with Crippen LogP contribution in [-0.2, 0) is 22.0 Å². The van der Waals surface area contributed by atoms with Gasteiger partial charge in [0.15, 0.2) is 0 Å². The minimum atomic E-state index is -0.847. The number of amides is 1. The summed E-state index contributed by atoms with van der Waals surface area (Å²) in [7, 11) is -0.847. The van der Waals surface area contributed by atoms with Crippen molar-refractivity contribution in [3.8, 4) is 0 Å². The Balaban J connectivity index is 2.24. The van der Waals surface area contributed by atoms with Crippen LogP contribution in [0.4, 0.5) is 0 Å². The van der Waals surface area contributed by atoms with Crippen molar-refractivity contribution in [2.75, 3.05) is 12.8 Å². The van der Waals surface area contributed by atoms with Crippen LogP contribution < -0.4 is 11.1 Å². The summed E-state index contributed by atoms with van der Waals surface area (Å²) in [6.07, 6.45) is 3.81. The van der Waals surface area contributed by atoms with Gasteiger partial charge in [0.1, 0.15) is 0 Å². The fourth-order valence-corrected chi connectivity index (χ4v) is 2.24. The van der Waals surface area contributed by atoms with E-state index >= 15 is 0 Å². The molecule has 0 aliphatic rings. The number of hydrogen-bond donors (Lipinski definition) is 2. The number of carbonyl (C=O) groups is 1. The van der Waals surface area contributed by atoms with E-state index in [9.17, 15) is 9.00 Å². The Kier molecular flexibility index (Phi) is 7.47. The molecule has 0 heterocycles. The molecule has 0 spiro atoms. The second kappa shape index (κ2) is 8.87. The van der Waals surface area contributed by atoms with Gasteiger partial charge in [0.25, 0.3) is 0 Å². The van der Waals surface area contributed by atoms with E-state index in [2.05, 4.69) is 5.32 Å². The van der Waals surface area contributed by atoms with Gasteiger partial charge in [-0.05, 0) is 24.8 Å². The summed E-state index contributed by atoms with van der Waals surface area (Å²) in [5, 5.41) is 2.90. The van der Waals surface area contributed by atoms with Gasteiger partial charge in [-0.1, -0.05) is 37.3 Å². The average molecular weight is 296 g/mol. The van der Waals surface area contributed by atoms with Gasteiger partial charge >= 0.3 is 0 Å². The molecule has 20 heavy (non-hydrogen) atoms. The van der Waals surface area contributed by atoms with Gasteiger partial charge in [-0.3, -0.25) is 9.00 Å². The number of nitrogens with two attached hydrogens (primary N) is 1. The predicted molar refractivity (Wildman–Crippen MR) is 83.9 cm³/mol. The Hall–Kier alpha value is -1.20. The summed E-state index contributed by atoms with van der Waals surface area (Å²) in [4.78, 5) is 11.8. The lowest BCUT2D eigenvalue weighted by molar-refractivity contribution is -0.122. The van der Waals surface area contributed by atoms with E-state index in [0.717, 1.165) is 6.42 Å². The zero-order chi connectivity index (χ0) is 15.0. The number of benzene rings is 1. The van der Waals surface area contributed by atoms with Crippen molar-refractivity contribution in [2.45, 2.75) is 37.5 Å². The number of rotatable bonds is 8. The molecule has 0 aliphatic carbocycles. The molecule has 0 aliphatic heterocycles. The van der Waals surface area contributed by atoms with E-state index in [1.807, 2.05) is 37.3 Å². The number of hydrogen-bond acceptors (Lipinski definition) is 3. The largest absolute Gasteiger partial charge is 0.355 e. The highest BCUT2D eigenvalue weighted by molar-refractivity contribution is 7.84. The topological polar surface area (TPSA) is 72.2 Å². The first-order valence-electron chi connectivity index (χ1n) is 6.90. The molecule has 0 aromatic heterocycles. The average Bonchev–Trinajstić information content (AvgIpc) is 2.45. The highest BCUT2D eigenvalue weighted by atomic mass is 32.2. The zero-order valence-corrected chi connectivity index (χ0v) is 13.0. The van der Waals surface area contributed by atoms with Gasteiger partial charge < -0.3 is 11.1 Å². The maximum atomic E-state index is 11.8. The highest BCUT2D eigenvalue weighted by Crippen LogP contribution is 2.04. The Bertz CT molecular complexity index is 437. The maximum Gasteiger partial charge on any atom is 0.236 e. The van der Waals surface area contributed by atoms with Crippen LogP contribution in [0.15, 0.2) is 30.3 Å². The molecule has 0 saturated heterocycles. The Morgan fingerprint density at radius 1 is 1.30 bits per heavy atom. The first-order chi connectivity index (χ1) is 9.50. The van der Waals surface area contributed by atoms with Crippen LogP contribution in [-0.4, -0.2) is 34.2 Å². The lowest BCUT2D eigenvalue weighted by Crippen LogP contribution is -2.41. The van der Waals surface area contributed by atoms with Gasteiger partial charge in [0.2, 0.25) is 5.91 Å². The number of nitrogens with one attached hydrogen (secondary N) is 1. The van der Waals surface area contributed by atoms with Crippen molar-refractivity contribution in [2.24, 2.45) is 5.73 Å². The molecule has 5 heteroatoms. The molecule has 1 aromatic carbocycles. The molecule has 0 fully saturated rings. The van der Waals surface area contributed by atoms with E-state index in [1.54, 1.807) is 6.26 Å². The van der Waals surface area contributed by atoms with Gasteiger partial charge in [0, 0.05) is 28.9 Å². The SMILES string of the molecule is CC(CCNC(=O)C(N)CCc1ccccc1)S(C)=O. The van der Waals surface area contributed by atoms with Crippen molar-refractivity contribution in [3.05, 3.63) is 35.9 Å². The van der Waals surface area contributed by atoms with Crippen molar-refractivity contribution >= 4 is 16.7 Å². The van der Waals surface area contributed by atoms with Crippen LogP contribution in [0.1, 0.15) is 25.3 Å². The standard InChI is InChI=1S/C15H24N2O2S/c1-12(20(2)19)10-11-17-15(18)14(16)9-8-13-6-4-3-5-7-13/h3-7,12,14H,8-11,16H2,1-2H3,(H,17,18). The van der Waals surface area contributed by atoms with Gasteiger partial charge in [-0.25, -0.2) is 0 Å². The molecule has 1 amide bonds. The molecule has 0 radical (unpaired) electrons. The Morgan fingerprint density at radius 3 is 2.55 bits per heavy atom. The minimum absolute atomic E-state index is 0.0934. The van der Waals surface area contributed by atoms with E-state index < -0.39 is 16.8 Å². The van der Waals surface area contributed by atoms with E-state index in [1.165, 1.54) is 5.56 Å². The fraction of sp³-hybridized carbons (Fsp3) is 0.533.